The van der Waals surface area contributed by atoms with Gasteiger partial charge in [0.25, 0.3) is 0 Å². The van der Waals surface area contributed by atoms with Crippen LogP contribution in [0, 0.1) is 22.7 Å². The van der Waals surface area contributed by atoms with Gasteiger partial charge >= 0.3 is 11.9 Å². The van der Waals surface area contributed by atoms with E-state index in [-0.39, 0.29) is 34.0 Å². The van der Waals surface area contributed by atoms with Crippen molar-refractivity contribution in [2.24, 2.45) is 22.7 Å². The Hall–Kier alpha value is -1.40. The molecule has 0 aromatic heterocycles. The van der Waals surface area contributed by atoms with Crippen LogP contribution in [0.4, 0.5) is 0 Å². The van der Waals surface area contributed by atoms with Gasteiger partial charge in [-0.25, -0.2) is 0 Å². The monoisotopic (exact) mass is 476 g/mol. The Bertz CT molecular complexity index is 838. The summed E-state index contributed by atoms with van der Waals surface area (Å²) in [4.78, 5) is 31.7. The summed E-state index contributed by atoms with van der Waals surface area (Å²) >= 11 is 0. The molecule has 0 radical (unpaired) electrons. The quantitative estimate of drug-likeness (QED) is 0.538. The van der Waals surface area contributed by atoms with Crippen molar-refractivity contribution in [2.45, 2.75) is 116 Å². The average Bonchev–Trinajstić information content (AvgIpc) is 2.68. The lowest BCUT2D eigenvalue weighted by Crippen LogP contribution is -2.69. The summed E-state index contributed by atoms with van der Waals surface area (Å²) in [5.41, 5.74) is -3.74. The smallest absolute Gasteiger partial charge is 0.314 e. The molecular formula is C28H48N2O4. The zero-order valence-corrected chi connectivity index (χ0v) is 23.2. The maximum absolute atomic E-state index is 13.5. The molecular weight excluding hydrogens is 428 g/mol. The molecule has 1 aliphatic carbocycles. The lowest BCUT2D eigenvalue weighted by Gasteiger charge is -2.63. The first kappa shape index (κ1) is 27.2. The number of rotatable bonds is 4. The second kappa shape index (κ2) is 8.06. The van der Waals surface area contributed by atoms with Gasteiger partial charge in [0, 0.05) is 22.2 Å². The van der Waals surface area contributed by atoms with Crippen molar-refractivity contribution in [3.05, 3.63) is 12.2 Å². The van der Waals surface area contributed by atoms with E-state index in [4.69, 9.17) is 0 Å². The van der Waals surface area contributed by atoms with Crippen LogP contribution in [0.25, 0.3) is 0 Å². The zero-order valence-electron chi connectivity index (χ0n) is 23.2. The van der Waals surface area contributed by atoms with Crippen LogP contribution in [0.5, 0.6) is 0 Å². The van der Waals surface area contributed by atoms with Crippen molar-refractivity contribution in [3.63, 3.8) is 0 Å². The normalized spacial score (nSPS) is 36.3. The fourth-order valence-corrected chi connectivity index (χ4v) is 8.29. The maximum Gasteiger partial charge on any atom is 0.314 e. The van der Waals surface area contributed by atoms with Gasteiger partial charge < -0.3 is 10.2 Å². The third-order valence-corrected chi connectivity index (χ3v) is 10.5. The molecule has 2 saturated heterocycles. The van der Waals surface area contributed by atoms with Crippen molar-refractivity contribution in [2.75, 3.05) is 14.1 Å². The van der Waals surface area contributed by atoms with Crippen molar-refractivity contribution in [3.8, 4) is 0 Å². The Morgan fingerprint density at radius 2 is 1.09 bits per heavy atom. The fraction of sp³-hybridized carbons (Fsp3) is 0.857. The molecule has 0 bridgehead atoms. The number of carboxylic acid groups (broad SMARTS) is 2. The van der Waals surface area contributed by atoms with Gasteiger partial charge in [0.05, 0.1) is 5.41 Å². The molecule has 0 amide bonds. The highest BCUT2D eigenvalue weighted by atomic mass is 16.4. The molecule has 2 aliphatic heterocycles. The summed E-state index contributed by atoms with van der Waals surface area (Å²) in [6.45, 7) is 17.3. The van der Waals surface area contributed by atoms with Crippen LogP contribution >= 0.6 is 0 Å². The molecule has 2 unspecified atom stereocenters. The Morgan fingerprint density at radius 1 is 0.706 bits per heavy atom. The highest BCUT2D eigenvalue weighted by molar-refractivity contribution is 5.89. The Labute approximate surface area is 206 Å². The molecule has 2 heterocycles. The van der Waals surface area contributed by atoms with E-state index in [0.717, 1.165) is 0 Å². The molecule has 0 aromatic rings. The van der Waals surface area contributed by atoms with Crippen LogP contribution in [0.1, 0.15) is 93.9 Å². The van der Waals surface area contributed by atoms with Crippen molar-refractivity contribution in [1.82, 2.24) is 9.80 Å². The third-order valence-electron chi connectivity index (χ3n) is 10.5. The first-order valence-corrected chi connectivity index (χ1v) is 12.9. The number of nitrogens with zero attached hydrogens (tertiary/aromatic N) is 2. The Morgan fingerprint density at radius 3 is 1.44 bits per heavy atom. The topological polar surface area (TPSA) is 81.1 Å². The number of allylic oxidation sites excluding steroid dienone is 1. The summed E-state index contributed by atoms with van der Waals surface area (Å²) in [6, 6.07) is 0. The van der Waals surface area contributed by atoms with Crippen molar-refractivity contribution >= 4 is 11.9 Å². The number of carboxylic acids is 2. The molecule has 3 rings (SSSR count). The highest BCUT2D eigenvalue weighted by Gasteiger charge is 2.70. The fourth-order valence-electron chi connectivity index (χ4n) is 8.29. The second-order valence-electron chi connectivity index (χ2n) is 14.0. The Kier molecular flexibility index (Phi) is 6.44. The van der Waals surface area contributed by atoms with E-state index in [2.05, 4.69) is 79.3 Å². The van der Waals surface area contributed by atoms with E-state index in [9.17, 15) is 19.8 Å². The van der Waals surface area contributed by atoms with Gasteiger partial charge in [-0.2, -0.15) is 0 Å². The summed E-state index contributed by atoms with van der Waals surface area (Å²) in [5, 5.41) is 22.1. The number of carbonyl (C=O) groups is 2. The summed E-state index contributed by atoms with van der Waals surface area (Å²) in [6.07, 6.45) is 7.37. The van der Waals surface area contributed by atoms with Crippen LogP contribution in [0.15, 0.2) is 12.2 Å². The largest absolute Gasteiger partial charge is 0.481 e. The lowest BCUT2D eigenvalue weighted by atomic mass is 9.44. The van der Waals surface area contributed by atoms with E-state index >= 15 is 0 Å². The van der Waals surface area contributed by atoms with Gasteiger partial charge in [-0.05, 0) is 120 Å². The number of piperidine rings is 2. The molecule has 3 aliphatic rings. The molecule has 2 atom stereocenters. The van der Waals surface area contributed by atoms with Crippen LogP contribution in [0.3, 0.4) is 0 Å². The summed E-state index contributed by atoms with van der Waals surface area (Å²) < 4.78 is 0. The average molecular weight is 477 g/mol. The van der Waals surface area contributed by atoms with Gasteiger partial charge in [0.1, 0.15) is 5.41 Å². The second-order valence-corrected chi connectivity index (χ2v) is 14.0. The summed E-state index contributed by atoms with van der Waals surface area (Å²) in [5.74, 6) is -2.42. The van der Waals surface area contributed by atoms with Gasteiger partial charge in [-0.1, -0.05) is 12.2 Å². The molecule has 194 valence electrons. The van der Waals surface area contributed by atoms with E-state index in [0.29, 0.717) is 38.5 Å². The SMILES string of the molecule is CN1C(C)(C)CC(C2(C(=O)O)C=CCCC2(C(=O)O)C2CC(C)(C)N(C)C(C)(C)C2)CC1(C)C. The first-order chi connectivity index (χ1) is 15.3. The molecule has 2 fully saturated rings. The number of hydrogen-bond donors (Lipinski definition) is 2. The number of hydrogen-bond acceptors (Lipinski definition) is 4. The Balaban J connectivity index is 2.27. The van der Waals surface area contributed by atoms with Crippen molar-refractivity contribution in [1.29, 1.82) is 0 Å². The van der Waals surface area contributed by atoms with Crippen LogP contribution in [-0.4, -0.2) is 68.2 Å². The van der Waals surface area contributed by atoms with E-state index in [1.165, 1.54) is 0 Å². The third kappa shape index (κ3) is 3.75. The molecule has 0 aromatic carbocycles. The zero-order chi connectivity index (χ0) is 26.1. The standard InChI is InChI=1S/C28H48N2O4/c1-23(2)15-19(16-24(3,4)29(23)9)27(21(31)32)13-11-12-14-28(27,22(33)34)20-17-25(5,6)30(10)26(7,8)18-20/h11,13,19-20H,12,14-18H2,1-10H3,(H,31,32)(H,33,34). The first-order valence-electron chi connectivity index (χ1n) is 12.9. The van der Waals surface area contributed by atoms with Crippen molar-refractivity contribution < 1.29 is 19.8 Å². The van der Waals surface area contributed by atoms with Crippen LogP contribution < -0.4 is 0 Å². The van der Waals surface area contributed by atoms with E-state index in [1.807, 2.05) is 12.2 Å². The molecule has 0 saturated carbocycles. The minimum absolute atomic E-state index is 0.231. The van der Waals surface area contributed by atoms with Gasteiger partial charge in [-0.3, -0.25) is 19.4 Å². The molecule has 2 N–H and O–H groups in total. The predicted octanol–water partition coefficient (Wildman–Crippen LogP) is 5.28. The predicted molar refractivity (Wildman–Crippen MR) is 136 cm³/mol. The van der Waals surface area contributed by atoms with E-state index < -0.39 is 22.8 Å². The molecule has 6 heteroatoms. The minimum Gasteiger partial charge on any atom is -0.481 e. The van der Waals surface area contributed by atoms with Crippen LogP contribution in [-0.2, 0) is 9.59 Å². The molecule has 0 spiro atoms. The molecule has 6 nitrogen and oxygen atoms in total. The minimum atomic E-state index is -1.44. The summed E-state index contributed by atoms with van der Waals surface area (Å²) in [7, 11) is 4.21. The number of likely N-dealkylation sites (tertiary alicyclic amines) is 2. The van der Waals surface area contributed by atoms with E-state index in [1.54, 1.807) is 0 Å². The van der Waals surface area contributed by atoms with Gasteiger partial charge in [0.15, 0.2) is 0 Å². The molecule has 34 heavy (non-hydrogen) atoms. The highest BCUT2D eigenvalue weighted by Crippen LogP contribution is 2.64. The maximum atomic E-state index is 13.5. The van der Waals surface area contributed by atoms with Crippen LogP contribution in [0.2, 0.25) is 0 Å². The van der Waals surface area contributed by atoms with Gasteiger partial charge in [0.2, 0.25) is 0 Å². The number of aliphatic carboxylic acids is 2. The lowest BCUT2D eigenvalue weighted by molar-refractivity contribution is -0.199. The van der Waals surface area contributed by atoms with Gasteiger partial charge in [-0.15, -0.1) is 0 Å².